The second-order valence-corrected chi connectivity index (χ2v) is 8.55. The van der Waals surface area contributed by atoms with Crippen molar-refractivity contribution in [3.63, 3.8) is 0 Å². The standard InChI is InChI=1S/C19H18N2O3S2/c1-2-4-16-12(3-1)9-17(26-16)19-21-20-18(24-19)11-25-13-5-6-14-15(10-13)23-8-7-22-14/h5-6,9-10H,1-4,7-8,11H2. The van der Waals surface area contributed by atoms with E-state index >= 15 is 0 Å². The highest BCUT2D eigenvalue weighted by molar-refractivity contribution is 7.98. The molecule has 0 spiro atoms. The van der Waals surface area contributed by atoms with Crippen LogP contribution >= 0.6 is 23.1 Å². The van der Waals surface area contributed by atoms with Crippen LogP contribution < -0.4 is 9.47 Å². The van der Waals surface area contributed by atoms with Crippen LogP contribution in [0.1, 0.15) is 29.2 Å². The van der Waals surface area contributed by atoms with Crippen molar-refractivity contribution in [2.75, 3.05) is 13.2 Å². The summed E-state index contributed by atoms with van der Waals surface area (Å²) in [7, 11) is 0. The van der Waals surface area contributed by atoms with Gasteiger partial charge in [0.1, 0.15) is 13.2 Å². The number of hydrogen-bond acceptors (Lipinski definition) is 7. The fourth-order valence-corrected chi connectivity index (χ4v) is 5.20. The number of ether oxygens (including phenoxy) is 2. The van der Waals surface area contributed by atoms with Gasteiger partial charge in [0.05, 0.1) is 10.6 Å². The summed E-state index contributed by atoms with van der Waals surface area (Å²) in [6.07, 6.45) is 4.92. The quantitative estimate of drug-likeness (QED) is 0.604. The average molecular weight is 386 g/mol. The number of nitrogens with zero attached hydrogens (tertiary/aromatic N) is 2. The number of aromatic nitrogens is 2. The molecule has 0 atom stereocenters. The first-order chi connectivity index (χ1) is 12.8. The molecule has 1 aliphatic carbocycles. The molecular weight excluding hydrogens is 368 g/mol. The third-order valence-corrected chi connectivity index (χ3v) is 6.75. The Bertz CT molecular complexity index is 911. The molecule has 5 nitrogen and oxygen atoms in total. The first-order valence-electron chi connectivity index (χ1n) is 8.82. The summed E-state index contributed by atoms with van der Waals surface area (Å²) in [6, 6.07) is 8.21. The van der Waals surface area contributed by atoms with Gasteiger partial charge in [-0.1, -0.05) is 0 Å². The average Bonchev–Trinajstić information content (AvgIpc) is 3.33. The zero-order valence-corrected chi connectivity index (χ0v) is 15.8. The number of fused-ring (bicyclic) bond motifs is 2. The Balaban J connectivity index is 1.28. The van der Waals surface area contributed by atoms with E-state index < -0.39 is 0 Å². The van der Waals surface area contributed by atoms with Crippen LogP contribution in [0.25, 0.3) is 10.8 Å². The zero-order chi connectivity index (χ0) is 17.3. The van der Waals surface area contributed by atoms with Crippen molar-refractivity contribution in [2.45, 2.75) is 36.3 Å². The Morgan fingerprint density at radius 2 is 1.88 bits per heavy atom. The zero-order valence-electron chi connectivity index (χ0n) is 14.2. The van der Waals surface area contributed by atoms with Crippen LogP contribution in [0.5, 0.6) is 11.5 Å². The Hall–Kier alpha value is -1.99. The number of aryl methyl sites for hydroxylation is 2. The van der Waals surface area contributed by atoms with Crippen LogP contribution in [0.4, 0.5) is 0 Å². The minimum Gasteiger partial charge on any atom is -0.486 e. The van der Waals surface area contributed by atoms with Gasteiger partial charge in [0.15, 0.2) is 11.5 Å². The monoisotopic (exact) mass is 386 g/mol. The summed E-state index contributed by atoms with van der Waals surface area (Å²) >= 11 is 3.45. The predicted octanol–water partition coefficient (Wildman–Crippen LogP) is 4.74. The summed E-state index contributed by atoms with van der Waals surface area (Å²) in [5, 5.41) is 8.46. The first kappa shape index (κ1) is 16.2. The number of rotatable bonds is 4. The maximum atomic E-state index is 5.89. The molecular formula is C19H18N2O3S2. The molecule has 1 aromatic carbocycles. The SMILES string of the molecule is c1cc2c(cc1SCc1nnc(-c3cc4c(s3)CCCC4)o1)OCCO2. The van der Waals surface area contributed by atoms with Crippen molar-refractivity contribution < 1.29 is 13.9 Å². The molecule has 3 aromatic rings. The van der Waals surface area contributed by atoms with E-state index in [9.17, 15) is 0 Å². The molecule has 26 heavy (non-hydrogen) atoms. The molecule has 0 amide bonds. The molecule has 0 fully saturated rings. The number of thiophene rings is 1. The molecule has 7 heteroatoms. The Kier molecular flexibility index (Phi) is 4.34. The fourth-order valence-electron chi connectivity index (χ4n) is 3.27. The first-order valence-corrected chi connectivity index (χ1v) is 10.6. The molecule has 134 valence electrons. The van der Waals surface area contributed by atoms with Gasteiger partial charge in [-0.05, 0) is 55.5 Å². The summed E-state index contributed by atoms with van der Waals surface area (Å²) < 4.78 is 17.1. The van der Waals surface area contributed by atoms with Crippen molar-refractivity contribution in [2.24, 2.45) is 0 Å². The minimum atomic E-state index is 0.596. The van der Waals surface area contributed by atoms with Crippen molar-refractivity contribution in [1.82, 2.24) is 10.2 Å². The maximum Gasteiger partial charge on any atom is 0.257 e. The van der Waals surface area contributed by atoms with E-state index in [-0.39, 0.29) is 0 Å². The Morgan fingerprint density at radius 3 is 2.81 bits per heavy atom. The lowest BCUT2D eigenvalue weighted by Crippen LogP contribution is -2.15. The van der Waals surface area contributed by atoms with E-state index in [1.807, 2.05) is 18.2 Å². The van der Waals surface area contributed by atoms with Gasteiger partial charge in [-0.25, -0.2) is 0 Å². The molecule has 2 aliphatic rings. The van der Waals surface area contributed by atoms with E-state index in [4.69, 9.17) is 13.9 Å². The molecule has 2 aromatic heterocycles. The van der Waals surface area contributed by atoms with Crippen LogP contribution in [0.2, 0.25) is 0 Å². The van der Waals surface area contributed by atoms with Gasteiger partial charge in [0, 0.05) is 9.77 Å². The molecule has 0 saturated carbocycles. The highest BCUT2D eigenvalue weighted by Crippen LogP contribution is 2.37. The molecule has 0 bridgehead atoms. The molecule has 0 saturated heterocycles. The van der Waals surface area contributed by atoms with Crippen LogP contribution in [-0.4, -0.2) is 23.4 Å². The van der Waals surface area contributed by atoms with Gasteiger partial charge in [-0.3, -0.25) is 0 Å². The number of thioether (sulfide) groups is 1. The summed E-state index contributed by atoms with van der Waals surface area (Å²) in [5.74, 6) is 3.53. The van der Waals surface area contributed by atoms with Gasteiger partial charge in [-0.15, -0.1) is 33.3 Å². The van der Waals surface area contributed by atoms with Gasteiger partial charge in [0.2, 0.25) is 5.89 Å². The third-order valence-electron chi connectivity index (χ3n) is 4.55. The van der Waals surface area contributed by atoms with E-state index in [1.54, 1.807) is 23.1 Å². The summed E-state index contributed by atoms with van der Waals surface area (Å²) in [4.78, 5) is 3.68. The molecule has 1 aliphatic heterocycles. The smallest absolute Gasteiger partial charge is 0.257 e. The Morgan fingerprint density at radius 1 is 1.00 bits per heavy atom. The van der Waals surface area contributed by atoms with Crippen LogP contribution in [0.15, 0.2) is 33.6 Å². The topological polar surface area (TPSA) is 57.4 Å². The lowest BCUT2D eigenvalue weighted by Gasteiger charge is -2.18. The second kappa shape index (κ2) is 6.96. The van der Waals surface area contributed by atoms with E-state index in [0.29, 0.717) is 30.7 Å². The van der Waals surface area contributed by atoms with Gasteiger partial charge < -0.3 is 13.9 Å². The third kappa shape index (κ3) is 3.21. The van der Waals surface area contributed by atoms with E-state index in [0.717, 1.165) is 21.3 Å². The largest absolute Gasteiger partial charge is 0.486 e. The second-order valence-electron chi connectivity index (χ2n) is 6.36. The Labute approximate surface area is 159 Å². The van der Waals surface area contributed by atoms with E-state index in [1.165, 1.54) is 36.1 Å². The lowest BCUT2D eigenvalue weighted by molar-refractivity contribution is 0.171. The number of benzene rings is 1. The van der Waals surface area contributed by atoms with Gasteiger partial charge in [0.25, 0.3) is 5.89 Å². The lowest BCUT2D eigenvalue weighted by atomic mass is 9.99. The molecule has 0 unspecified atom stereocenters. The minimum absolute atomic E-state index is 0.596. The normalized spacial score (nSPS) is 15.7. The van der Waals surface area contributed by atoms with Crippen molar-refractivity contribution >= 4 is 23.1 Å². The van der Waals surface area contributed by atoms with Crippen LogP contribution in [0.3, 0.4) is 0 Å². The number of hydrogen-bond donors (Lipinski definition) is 0. The van der Waals surface area contributed by atoms with Crippen molar-refractivity contribution in [1.29, 1.82) is 0 Å². The molecule has 5 rings (SSSR count). The van der Waals surface area contributed by atoms with Crippen molar-refractivity contribution in [3.05, 3.63) is 40.6 Å². The van der Waals surface area contributed by atoms with Crippen LogP contribution in [0, 0.1) is 0 Å². The van der Waals surface area contributed by atoms with Crippen LogP contribution in [-0.2, 0) is 18.6 Å². The van der Waals surface area contributed by atoms with E-state index in [2.05, 4.69) is 16.3 Å². The molecule has 0 radical (unpaired) electrons. The highest BCUT2D eigenvalue weighted by atomic mass is 32.2. The predicted molar refractivity (Wildman–Crippen MR) is 101 cm³/mol. The fraction of sp³-hybridized carbons (Fsp3) is 0.368. The molecule has 0 N–H and O–H groups in total. The van der Waals surface area contributed by atoms with Crippen molar-refractivity contribution in [3.8, 4) is 22.3 Å². The highest BCUT2D eigenvalue weighted by Gasteiger charge is 2.18. The molecule has 3 heterocycles. The summed E-state index contributed by atoms with van der Waals surface area (Å²) in [6.45, 7) is 1.20. The van der Waals surface area contributed by atoms with Gasteiger partial charge in [-0.2, -0.15) is 0 Å². The maximum absolute atomic E-state index is 5.89. The van der Waals surface area contributed by atoms with Gasteiger partial charge >= 0.3 is 0 Å². The summed E-state index contributed by atoms with van der Waals surface area (Å²) in [5.41, 5.74) is 1.46.